The molecule has 5 heteroatoms. The molecule has 1 aliphatic carbocycles. The fourth-order valence-corrected chi connectivity index (χ4v) is 3.41. The molecule has 1 saturated carbocycles. The summed E-state index contributed by atoms with van der Waals surface area (Å²) in [6, 6.07) is 0.685. The molecule has 0 aromatic rings. The highest BCUT2D eigenvalue weighted by molar-refractivity contribution is 5.74. The first-order valence-corrected chi connectivity index (χ1v) is 7.70. The second-order valence-corrected chi connectivity index (χ2v) is 7.02. The van der Waals surface area contributed by atoms with E-state index >= 15 is 0 Å². The van der Waals surface area contributed by atoms with Gasteiger partial charge in [0.25, 0.3) is 0 Å². The van der Waals surface area contributed by atoms with Gasteiger partial charge in [-0.15, -0.1) is 0 Å². The molecule has 1 aliphatic heterocycles. The molecule has 1 saturated heterocycles. The summed E-state index contributed by atoms with van der Waals surface area (Å²) in [6.07, 6.45) is 1.38. The van der Waals surface area contributed by atoms with E-state index in [-0.39, 0.29) is 17.5 Å². The van der Waals surface area contributed by atoms with Crippen molar-refractivity contribution in [2.24, 2.45) is 11.3 Å². The van der Waals surface area contributed by atoms with Crippen molar-refractivity contribution in [3.63, 3.8) is 0 Å². The lowest BCUT2D eigenvalue weighted by molar-refractivity contribution is -0.108. The SMILES string of the molecule is CC(C)N(C)CCNC(=O)N[C@@H]1[C@@H]2CCO[C@@H]2C1(C)C. The summed E-state index contributed by atoms with van der Waals surface area (Å²) in [6.45, 7) is 11.0. The first kappa shape index (κ1) is 15.6. The Morgan fingerprint density at radius 1 is 1.45 bits per heavy atom. The van der Waals surface area contributed by atoms with Crippen molar-refractivity contribution in [1.82, 2.24) is 15.5 Å². The third-order valence-corrected chi connectivity index (χ3v) is 5.02. The molecule has 0 radical (unpaired) electrons. The number of nitrogens with one attached hydrogen (secondary N) is 2. The normalized spacial score (nSPS) is 31.1. The van der Waals surface area contributed by atoms with Crippen LogP contribution in [0.25, 0.3) is 0 Å². The molecule has 3 atom stereocenters. The van der Waals surface area contributed by atoms with E-state index in [4.69, 9.17) is 4.74 Å². The first-order valence-electron chi connectivity index (χ1n) is 7.70. The average Bonchev–Trinajstić information content (AvgIpc) is 2.82. The van der Waals surface area contributed by atoms with Crippen molar-refractivity contribution >= 4 is 6.03 Å². The van der Waals surface area contributed by atoms with Crippen molar-refractivity contribution in [3.8, 4) is 0 Å². The van der Waals surface area contributed by atoms with E-state index in [9.17, 15) is 4.79 Å². The Labute approximate surface area is 122 Å². The van der Waals surface area contributed by atoms with E-state index < -0.39 is 0 Å². The first-order chi connectivity index (χ1) is 9.34. The molecule has 2 rings (SSSR count). The fraction of sp³-hybridized carbons (Fsp3) is 0.933. The maximum absolute atomic E-state index is 12.0. The van der Waals surface area contributed by atoms with Crippen LogP contribution in [0.1, 0.15) is 34.1 Å². The lowest BCUT2D eigenvalue weighted by Gasteiger charge is -2.54. The number of carbonyl (C=O) groups is 1. The highest BCUT2D eigenvalue weighted by atomic mass is 16.5. The summed E-state index contributed by atoms with van der Waals surface area (Å²) < 4.78 is 5.74. The molecule has 0 spiro atoms. The quantitative estimate of drug-likeness (QED) is 0.803. The summed E-state index contributed by atoms with van der Waals surface area (Å²) in [5.41, 5.74) is 0.0488. The van der Waals surface area contributed by atoms with Crippen molar-refractivity contribution in [2.45, 2.75) is 52.3 Å². The Bertz CT molecular complexity index is 357. The van der Waals surface area contributed by atoms with Gasteiger partial charge in [-0.2, -0.15) is 0 Å². The van der Waals surface area contributed by atoms with Gasteiger partial charge in [0.1, 0.15) is 0 Å². The van der Waals surface area contributed by atoms with Crippen molar-refractivity contribution in [1.29, 1.82) is 0 Å². The predicted molar refractivity (Wildman–Crippen MR) is 79.7 cm³/mol. The van der Waals surface area contributed by atoms with Crippen LogP contribution >= 0.6 is 0 Å². The molecule has 2 N–H and O–H groups in total. The van der Waals surface area contributed by atoms with Crippen LogP contribution in [0, 0.1) is 11.3 Å². The second kappa shape index (κ2) is 5.90. The van der Waals surface area contributed by atoms with Crippen LogP contribution in [-0.4, -0.2) is 55.9 Å². The lowest BCUT2D eigenvalue weighted by Crippen LogP contribution is -2.67. The number of urea groups is 1. The molecule has 20 heavy (non-hydrogen) atoms. The van der Waals surface area contributed by atoms with Gasteiger partial charge in [0.2, 0.25) is 0 Å². The van der Waals surface area contributed by atoms with Crippen LogP contribution in [0.3, 0.4) is 0 Å². The van der Waals surface area contributed by atoms with Gasteiger partial charge in [0.15, 0.2) is 0 Å². The minimum Gasteiger partial charge on any atom is -0.377 e. The van der Waals surface area contributed by atoms with Gasteiger partial charge in [-0.1, -0.05) is 13.8 Å². The van der Waals surface area contributed by atoms with E-state index in [2.05, 4.69) is 50.3 Å². The molecular weight excluding hydrogens is 254 g/mol. The summed E-state index contributed by atoms with van der Waals surface area (Å²) in [7, 11) is 2.07. The van der Waals surface area contributed by atoms with Gasteiger partial charge in [-0.3, -0.25) is 0 Å². The Balaban J connectivity index is 1.72. The molecule has 1 heterocycles. The number of amides is 2. The lowest BCUT2D eigenvalue weighted by atomic mass is 9.57. The van der Waals surface area contributed by atoms with Gasteiger partial charge in [-0.05, 0) is 27.3 Å². The maximum atomic E-state index is 12.0. The summed E-state index contributed by atoms with van der Waals surface area (Å²) in [5.74, 6) is 0.495. The maximum Gasteiger partial charge on any atom is 0.315 e. The Kier molecular flexibility index (Phi) is 4.59. The zero-order valence-electron chi connectivity index (χ0n) is 13.4. The number of nitrogens with zero attached hydrogens (tertiary/aromatic N) is 1. The Morgan fingerprint density at radius 2 is 2.15 bits per heavy atom. The van der Waals surface area contributed by atoms with Crippen LogP contribution in [0.2, 0.25) is 0 Å². The van der Waals surface area contributed by atoms with Crippen molar-refractivity contribution in [3.05, 3.63) is 0 Å². The zero-order valence-corrected chi connectivity index (χ0v) is 13.4. The molecule has 2 fully saturated rings. The second-order valence-electron chi connectivity index (χ2n) is 7.02. The van der Waals surface area contributed by atoms with E-state index in [1.807, 2.05) is 0 Å². The molecule has 0 aromatic heterocycles. The molecular formula is C15H29N3O2. The number of hydrogen-bond acceptors (Lipinski definition) is 3. The largest absolute Gasteiger partial charge is 0.377 e. The van der Waals surface area contributed by atoms with Crippen LogP contribution < -0.4 is 10.6 Å². The van der Waals surface area contributed by atoms with Gasteiger partial charge >= 0.3 is 6.03 Å². The van der Waals surface area contributed by atoms with Gasteiger partial charge < -0.3 is 20.3 Å². The Morgan fingerprint density at radius 3 is 2.80 bits per heavy atom. The molecule has 2 amide bonds. The molecule has 5 nitrogen and oxygen atoms in total. The molecule has 0 bridgehead atoms. The highest BCUT2D eigenvalue weighted by Gasteiger charge is 2.59. The van der Waals surface area contributed by atoms with Gasteiger partial charge in [-0.25, -0.2) is 4.79 Å². The summed E-state index contributed by atoms with van der Waals surface area (Å²) >= 11 is 0. The number of likely N-dealkylation sites (N-methyl/N-ethyl adjacent to an activating group) is 1. The van der Waals surface area contributed by atoms with E-state index in [0.717, 1.165) is 19.6 Å². The standard InChI is InChI=1S/C15H29N3O2/c1-10(2)18(5)8-7-16-14(19)17-12-11-6-9-20-13(11)15(12,3)4/h10-13H,6-9H2,1-5H3,(H2,16,17,19)/t11-,12+,13-/m0/s1. The van der Waals surface area contributed by atoms with Gasteiger partial charge in [0.05, 0.1) is 6.10 Å². The minimum atomic E-state index is -0.0504. The van der Waals surface area contributed by atoms with E-state index in [1.165, 1.54) is 0 Å². The average molecular weight is 283 g/mol. The van der Waals surface area contributed by atoms with E-state index in [0.29, 0.717) is 24.6 Å². The van der Waals surface area contributed by atoms with E-state index in [1.54, 1.807) is 0 Å². The molecule has 0 unspecified atom stereocenters. The monoisotopic (exact) mass is 283 g/mol. The number of hydrogen-bond donors (Lipinski definition) is 2. The van der Waals surface area contributed by atoms with Crippen LogP contribution in [-0.2, 0) is 4.74 Å². The molecule has 0 aromatic carbocycles. The summed E-state index contributed by atoms with van der Waals surface area (Å²) in [4.78, 5) is 14.2. The highest BCUT2D eigenvalue weighted by Crippen LogP contribution is 2.51. The minimum absolute atomic E-state index is 0.0488. The Hall–Kier alpha value is -0.810. The van der Waals surface area contributed by atoms with Crippen LogP contribution in [0.5, 0.6) is 0 Å². The predicted octanol–water partition coefficient (Wildman–Crippen LogP) is 1.44. The molecule has 2 aliphatic rings. The number of carbonyl (C=O) groups excluding carboxylic acids is 1. The third kappa shape index (κ3) is 2.93. The fourth-order valence-electron chi connectivity index (χ4n) is 3.41. The molecule has 116 valence electrons. The van der Waals surface area contributed by atoms with Crippen LogP contribution in [0.4, 0.5) is 4.79 Å². The van der Waals surface area contributed by atoms with Crippen molar-refractivity contribution in [2.75, 3.05) is 26.7 Å². The topological polar surface area (TPSA) is 53.6 Å². The summed E-state index contributed by atoms with van der Waals surface area (Å²) in [5, 5.41) is 6.09. The smallest absolute Gasteiger partial charge is 0.315 e. The number of fused-ring (bicyclic) bond motifs is 1. The third-order valence-electron chi connectivity index (χ3n) is 5.02. The number of ether oxygens (including phenoxy) is 1. The van der Waals surface area contributed by atoms with Crippen LogP contribution in [0.15, 0.2) is 0 Å². The number of rotatable bonds is 5. The van der Waals surface area contributed by atoms with Gasteiger partial charge in [0, 0.05) is 43.1 Å². The zero-order chi connectivity index (χ0) is 14.9. The van der Waals surface area contributed by atoms with Crippen molar-refractivity contribution < 1.29 is 9.53 Å².